The van der Waals surface area contributed by atoms with Crippen molar-refractivity contribution < 1.29 is 19.1 Å². The van der Waals surface area contributed by atoms with E-state index in [9.17, 15) is 9.90 Å². The molecule has 2 aromatic heterocycles. The van der Waals surface area contributed by atoms with Crippen molar-refractivity contribution >= 4 is 46.3 Å². The van der Waals surface area contributed by atoms with E-state index in [0.717, 1.165) is 24.0 Å². The molecule has 0 atom stereocenters. The number of pyridine rings is 1. The Kier molecular flexibility index (Phi) is 6.01. The average molecular weight is 495 g/mol. The Labute approximate surface area is 208 Å². The number of piperidine rings is 1. The molecule has 0 saturated carbocycles. The molecule has 3 aromatic rings. The minimum atomic E-state index is -0.510. The molecular weight excluding hydrogens is 468 g/mol. The topological polar surface area (TPSA) is 101 Å². The molecule has 182 valence electrons. The van der Waals surface area contributed by atoms with Crippen LogP contribution < -0.4 is 0 Å². The summed E-state index contributed by atoms with van der Waals surface area (Å²) in [7, 11) is 0. The maximum absolute atomic E-state index is 12.4. The van der Waals surface area contributed by atoms with Gasteiger partial charge in [0, 0.05) is 41.5 Å². The highest BCUT2D eigenvalue weighted by Gasteiger charge is 2.28. The van der Waals surface area contributed by atoms with E-state index in [4.69, 9.17) is 20.8 Å². The van der Waals surface area contributed by atoms with Gasteiger partial charge in [-0.1, -0.05) is 11.6 Å². The standard InChI is InChI=1S/C26H27ClN4O4/c1-26(2,3)35-25(33)31-11-8-15(9-12-31)13-18-19(27)7-6-17-22(32)21(34-23(17)18)14-20-16-5-4-10-28-24(16)30-29-20/h4-7,10,14-15,32H,8-9,11-13H2,1-3H3. The molecule has 0 radical (unpaired) electrons. The van der Waals surface area contributed by atoms with Crippen LogP contribution in [0.5, 0.6) is 5.75 Å². The normalized spacial score (nSPS) is 17.4. The van der Waals surface area contributed by atoms with Crippen molar-refractivity contribution in [1.29, 1.82) is 0 Å². The largest absolute Gasteiger partial charge is 0.504 e. The van der Waals surface area contributed by atoms with Gasteiger partial charge in [-0.3, -0.25) is 0 Å². The molecule has 0 spiro atoms. The van der Waals surface area contributed by atoms with Crippen molar-refractivity contribution in [3.05, 3.63) is 52.4 Å². The van der Waals surface area contributed by atoms with Gasteiger partial charge in [-0.2, -0.15) is 0 Å². The minimum absolute atomic E-state index is 0.0395. The number of hydrogen-bond donors (Lipinski definition) is 1. The van der Waals surface area contributed by atoms with Crippen LogP contribution in [0, 0.1) is 5.92 Å². The van der Waals surface area contributed by atoms with Crippen molar-refractivity contribution in [3.8, 4) is 5.75 Å². The second-order valence-corrected chi connectivity index (χ2v) is 10.3. The number of amides is 1. The monoisotopic (exact) mass is 494 g/mol. The van der Waals surface area contributed by atoms with Crippen LogP contribution in [0.25, 0.3) is 22.7 Å². The Morgan fingerprint density at radius 1 is 1.26 bits per heavy atom. The number of carbonyl (C=O) groups excluding carboxylic acids is 1. The molecule has 35 heavy (non-hydrogen) atoms. The Morgan fingerprint density at radius 3 is 2.77 bits per heavy atom. The second kappa shape index (κ2) is 9.00. The summed E-state index contributed by atoms with van der Waals surface area (Å²) >= 11 is 6.59. The molecule has 1 saturated heterocycles. The van der Waals surface area contributed by atoms with Gasteiger partial charge >= 0.3 is 6.09 Å². The van der Waals surface area contributed by atoms with Crippen LogP contribution in [0.2, 0.25) is 5.02 Å². The van der Waals surface area contributed by atoms with Crippen molar-refractivity contribution in [2.45, 2.75) is 45.6 Å². The van der Waals surface area contributed by atoms with Gasteiger partial charge in [0.1, 0.15) is 16.9 Å². The van der Waals surface area contributed by atoms with Gasteiger partial charge in [0.25, 0.3) is 0 Å². The van der Waals surface area contributed by atoms with Gasteiger partial charge in [0.15, 0.2) is 17.3 Å². The van der Waals surface area contributed by atoms with Gasteiger partial charge in [-0.05, 0) is 70.2 Å². The third-order valence-electron chi connectivity index (χ3n) is 6.25. The third kappa shape index (κ3) is 4.75. The van der Waals surface area contributed by atoms with E-state index < -0.39 is 5.60 Å². The van der Waals surface area contributed by atoms with Gasteiger partial charge < -0.3 is 19.2 Å². The van der Waals surface area contributed by atoms with Crippen LogP contribution >= 0.6 is 11.6 Å². The number of rotatable bonds is 3. The Bertz CT molecular complexity index is 1350. The Morgan fingerprint density at radius 2 is 2.03 bits per heavy atom. The molecule has 0 aliphatic carbocycles. The van der Waals surface area contributed by atoms with E-state index in [2.05, 4.69) is 15.2 Å². The summed E-state index contributed by atoms with van der Waals surface area (Å²) in [4.78, 5) is 18.3. The molecule has 1 N–H and O–H groups in total. The SMILES string of the molecule is CC(C)(C)OC(=O)N1CCC(Cc2c(Cl)ccc3c(O)c(C=C4N=Nc5ncccc54)oc23)CC1. The molecule has 8 nitrogen and oxygen atoms in total. The molecule has 0 unspecified atom stereocenters. The number of ether oxygens (including phenoxy) is 1. The summed E-state index contributed by atoms with van der Waals surface area (Å²) in [6.45, 7) is 6.87. The molecule has 1 amide bonds. The quantitative estimate of drug-likeness (QED) is 0.423. The van der Waals surface area contributed by atoms with E-state index in [-0.39, 0.29) is 11.8 Å². The molecule has 1 fully saturated rings. The molecule has 5 rings (SSSR count). The van der Waals surface area contributed by atoms with E-state index in [1.807, 2.05) is 32.9 Å². The summed E-state index contributed by atoms with van der Waals surface area (Å²) in [5, 5.41) is 20.3. The average Bonchev–Trinajstić information content (AvgIpc) is 3.36. The number of benzene rings is 1. The second-order valence-electron chi connectivity index (χ2n) is 9.94. The number of likely N-dealkylation sites (tertiary alicyclic amines) is 1. The predicted molar refractivity (Wildman–Crippen MR) is 134 cm³/mol. The van der Waals surface area contributed by atoms with Gasteiger partial charge in [-0.15, -0.1) is 10.2 Å². The van der Waals surface area contributed by atoms with E-state index in [1.165, 1.54) is 0 Å². The predicted octanol–water partition coefficient (Wildman–Crippen LogP) is 6.97. The van der Waals surface area contributed by atoms with Crippen LogP contribution in [-0.4, -0.2) is 39.8 Å². The van der Waals surface area contributed by atoms with Crippen LogP contribution in [0.15, 0.2) is 45.1 Å². The number of fused-ring (bicyclic) bond motifs is 2. The zero-order valence-corrected chi connectivity index (χ0v) is 20.7. The highest BCUT2D eigenvalue weighted by atomic mass is 35.5. The number of aromatic nitrogens is 1. The van der Waals surface area contributed by atoms with Crippen molar-refractivity contribution in [1.82, 2.24) is 9.88 Å². The van der Waals surface area contributed by atoms with Gasteiger partial charge in [0.2, 0.25) is 0 Å². The van der Waals surface area contributed by atoms with Gasteiger partial charge in [-0.25, -0.2) is 9.78 Å². The third-order valence-corrected chi connectivity index (χ3v) is 6.60. The number of nitrogens with zero attached hydrogens (tertiary/aromatic N) is 4. The maximum atomic E-state index is 12.4. The zero-order valence-electron chi connectivity index (χ0n) is 19.9. The van der Waals surface area contributed by atoms with Crippen molar-refractivity contribution in [3.63, 3.8) is 0 Å². The minimum Gasteiger partial charge on any atom is -0.504 e. The highest BCUT2D eigenvalue weighted by molar-refractivity contribution is 6.32. The number of halogens is 1. The van der Waals surface area contributed by atoms with Gasteiger partial charge in [0.05, 0.1) is 5.39 Å². The molecular formula is C26H27ClN4O4. The number of azo groups is 1. The lowest BCUT2D eigenvalue weighted by atomic mass is 9.89. The Hall–Kier alpha value is -3.39. The summed E-state index contributed by atoms with van der Waals surface area (Å²) in [5.41, 5.74) is 2.27. The van der Waals surface area contributed by atoms with E-state index in [0.29, 0.717) is 58.7 Å². The van der Waals surface area contributed by atoms with Crippen LogP contribution in [-0.2, 0) is 11.2 Å². The first kappa shape index (κ1) is 23.4. The first-order valence-corrected chi connectivity index (χ1v) is 12.1. The Balaban J connectivity index is 1.37. The number of hydrogen-bond acceptors (Lipinski definition) is 7. The smallest absolute Gasteiger partial charge is 0.410 e. The summed E-state index contributed by atoms with van der Waals surface area (Å²) < 4.78 is 11.6. The molecule has 9 heteroatoms. The van der Waals surface area contributed by atoms with Crippen molar-refractivity contribution in [2.75, 3.05) is 13.1 Å². The molecule has 0 bridgehead atoms. The molecule has 4 heterocycles. The lowest BCUT2D eigenvalue weighted by Gasteiger charge is -2.33. The molecule has 1 aromatic carbocycles. The molecule has 2 aliphatic rings. The maximum Gasteiger partial charge on any atom is 0.410 e. The van der Waals surface area contributed by atoms with Crippen LogP contribution in [0.4, 0.5) is 10.6 Å². The summed E-state index contributed by atoms with van der Waals surface area (Å²) in [6, 6.07) is 7.24. The number of carbonyl (C=O) groups is 1. The van der Waals surface area contributed by atoms with E-state index in [1.54, 1.807) is 29.3 Å². The summed E-state index contributed by atoms with van der Waals surface area (Å²) in [6.07, 6.45) is 5.41. The van der Waals surface area contributed by atoms with E-state index >= 15 is 0 Å². The van der Waals surface area contributed by atoms with Crippen LogP contribution in [0.1, 0.15) is 50.5 Å². The first-order valence-electron chi connectivity index (χ1n) is 11.7. The summed E-state index contributed by atoms with van der Waals surface area (Å²) in [5.74, 6) is 1.20. The fourth-order valence-electron chi connectivity index (χ4n) is 4.48. The fourth-order valence-corrected chi connectivity index (χ4v) is 4.71. The number of furan rings is 1. The van der Waals surface area contributed by atoms with Crippen LogP contribution in [0.3, 0.4) is 0 Å². The lowest BCUT2D eigenvalue weighted by molar-refractivity contribution is 0.0184. The fraction of sp³-hybridized carbons (Fsp3) is 0.385. The zero-order chi connectivity index (χ0) is 24.7. The lowest BCUT2D eigenvalue weighted by Crippen LogP contribution is -2.42. The first-order chi connectivity index (χ1) is 16.7. The molecule has 2 aliphatic heterocycles. The highest BCUT2D eigenvalue weighted by Crippen LogP contribution is 2.42. The van der Waals surface area contributed by atoms with Crippen molar-refractivity contribution in [2.24, 2.45) is 16.1 Å². The number of aromatic hydroxyl groups is 1.